The molecule has 19 heavy (non-hydrogen) atoms. The second kappa shape index (κ2) is 5.60. The smallest absolute Gasteiger partial charge is 0.251 e. The average molecular weight is 257 g/mol. The Hall–Kier alpha value is -1.57. The quantitative estimate of drug-likeness (QED) is 0.876. The van der Waals surface area contributed by atoms with E-state index in [-0.39, 0.29) is 5.91 Å². The van der Waals surface area contributed by atoms with Crippen LogP contribution in [0.3, 0.4) is 0 Å². The van der Waals surface area contributed by atoms with Crippen LogP contribution in [0, 0.1) is 5.92 Å². The molecule has 0 fully saturated rings. The molecule has 0 heterocycles. The molecule has 1 amide bonds. The van der Waals surface area contributed by atoms with Gasteiger partial charge in [0.1, 0.15) is 0 Å². The third-order valence-corrected chi connectivity index (χ3v) is 4.17. The van der Waals surface area contributed by atoms with E-state index >= 15 is 0 Å². The van der Waals surface area contributed by atoms with Crippen LogP contribution in [-0.4, -0.2) is 12.5 Å². The van der Waals surface area contributed by atoms with Gasteiger partial charge in [0.25, 0.3) is 5.91 Å². The van der Waals surface area contributed by atoms with Crippen LogP contribution in [0.2, 0.25) is 0 Å². The zero-order valence-electron chi connectivity index (χ0n) is 12.3. The highest BCUT2D eigenvalue weighted by Crippen LogP contribution is 2.34. The molecule has 0 saturated carbocycles. The van der Waals surface area contributed by atoms with Gasteiger partial charge in [-0.2, -0.15) is 0 Å². The lowest BCUT2D eigenvalue weighted by Crippen LogP contribution is -2.24. The maximum atomic E-state index is 12.0. The first kappa shape index (κ1) is 13.9. The third kappa shape index (κ3) is 2.73. The predicted octanol–water partition coefficient (Wildman–Crippen LogP) is 3.81. The normalized spacial score (nSPS) is 18.2. The van der Waals surface area contributed by atoms with Gasteiger partial charge in [-0.05, 0) is 61.4 Å². The van der Waals surface area contributed by atoms with Crippen LogP contribution in [0.4, 0.5) is 0 Å². The molecule has 1 N–H and O–H groups in total. The Labute approximate surface area is 115 Å². The molecule has 0 spiro atoms. The average Bonchev–Trinajstić information content (AvgIpc) is 2.42. The molecule has 1 atom stereocenters. The zero-order chi connectivity index (χ0) is 14.0. The summed E-state index contributed by atoms with van der Waals surface area (Å²) in [5.74, 6) is 0.640. The molecule has 102 valence electrons. The van der Waals surface area contributed by atoms with E-state index in [4.69, 9.17) is 0 Å². The van der Waals surface area contributed by atoms with Gasteiger partial charge in [0, 0.05) is 12.1 Å². The molecule has 0 bridgehead atoms. The standard InChI is InChI=1S/C17H23NO/c1-5-8-18-17(19)15-7-6-14-9-11(2)12(3)13(4)16(14)10-15/h6-7,10-11H,5,8-9H2,1-4H3,(H,18,19). The van der Waals surface area contributed by atoms with Crippen molar-refractivity contribution in [3.05, 3.63) is 40.5 Å². The van der Waals surface area contributed by atoms with Crippen molar-refractivity contribution in [2.45, 2.75) is 40.5 Å². The van der Waals surface area contributed by atoms with Crippen molar-refractivity contribution in [2.24, 2.45) is 5.92 Å². The molecule has 1 aromatic carbocycles. The van der Waals surface area contributed by atoms with Crippen molar-refractivity contribution >= 4 is 11.5 Å². The van der Waals surface area contributed by atoms with Crippen LogP contribution in [0.1, 0.15) is 55.6 Å². The maximum absolute atomic E-state index is 12.0. The van der Waals surface area contributed by atoms with E-state index in [9.17, 15) is 4.79 Å². The van der Waals surface area contributed by atoms with E-state index < -0.39 is 0 Å². The van der Waals surface area contributed by atoms with E-state index in [1.807, 2.05) is 12.1 Å². The minimum atomic E-state index is 0.0359. The molecule has 1 unspecified atom stereocenters. The second-order valence-electron chi connectivity index (χ2n) is 5.54. The van der Waals surface area contributed by atoms with Gasteiger partial charge in [0.15, 0.2) is 0 Å². The Kier molecular flexibility index (Phi) is 4.08. The van der Waals surface area contributed by atoms with Gasteiger partial charge in [-0.3, -0.25) is 4.79 Å². The Morgan fingerprint density at radius 2 is 2.11 bits per heavy atom. The Balaban J connectivity index is 2.33. The predicted molar refractivity (Wildman–Crippen MR) is 80.2 cm³/mol. The molecule has 2 nitrogen and oxygen atoms in total. The number of carbonyl (C=O) groups excluding carboxylic acids is 1. The third-order valence-electron chi connectivity index (χ3n) is 4.17. The number of amides is 1. The SMILES string of the molecule is CCCNC(=O)c1ccc2c(c1)C(C)=C(C)C(C)C2. The summed E-state index contributed by atoms with van der Waals surface area (Å²) in [5, 5.41) is 2.94. The minimum absolute atomic E-state index is 0.0359. The van der Waals surface area contributed by atoms with Crippen molar-refractivity contribution in [3.8, 4) is 0 Å². The number of rotatable bonds is 3. The molecule has 0 saturated heterocycles. The molecule has 2 heteroatoms. The van der Waals surface area contributed by atoms with E-state index in [0.29, 0.717) is 5.92 Å². The summed E-state index contributed by atoms with van der Waals surface area (Å²) < 4.78 is 0. The van der Waals surface area contributed by atoms with Crippen LogP contribution < -0.4 is 5.32 Å². The summed E-state index contributed by atoms with van der Waals surface area (Å²) in [7, 11) is 0. The van der Waals surface area contributed by atoms with Crippen molar-refractivity contribution in [1.82, 2.24) is 5.32 Å². The van der Waals surface area contributed by atoms with Crippen LogP contribution in [0.25, 0.3) is 5.57 Å². The van der Waals surface area contributed by atoms with Gasteiger partial charge in [0.2, 0.25) is 0 Å². The number of fused-ring (bicyclic) bond motifs is 1. The van der Waals surface area contributed by atoms with Crippen LogP contribution in [0.15, 0.2) is 23.8 Å². The molecule has 1 aliphatic carbocycles. The van der Waals surface area contributed by atoms with Crippen LogP contribution in [0.5, 0.6) is 0 Å². The van der Waals surface area contributed by atoms with E-state index in [1.54, 1.807) is 0 Å². The minimum Gasteiger partial charge on any atom is -0.352 e. The van der Waals surface area contributed by atoms with Crippen molar-refractivity contribution in [3.63, 3.8) is 0 Å². The maximum Gasteiger partial charge on any atom is 0.251 e. The summed E-state index contributed by atoms with van der Waals surface area (Å²) in [6, 6.07) is 6.11. The Morgan fingerprint density at radius 1 is 1.37 bits per heavy atom. The van der Waals surface area contributed by atoms with E-state index in [2.05, 4.69) is 39.1 Å². The lowest BCUT2D eigenvalue weighted by Gasteiger charge is -2.25. The number of allylic oxidation sites excluding steroid dienone is 2. The van der Waals surface area contributed by atoms with Gasteiger partial charge in [-0.1, -0.05) is 25.5 Å². The van der Waals surface area contributed by atoms with Gasteiger partial charge >= 0.3 is 0 Å². The fourth-order valence-electron chi connectivity index (χ4n) is 2.65. The number of hydrogen-bond acceptors (Lipinski definition) is 1. The summed E-state index contributed by atoms with van der Waals surface area (Å²) in [4.78, 5) is 12.0. The summed E-state index contributed by atoms with van der Waals surface area (Å²) in [6.45, 7) is 9.43. The van der Waals surface area contributed by atoms with Crippen molar-refractivity contribution in [2.75, 3.05) is 6.54 Å². The Bertz CT molecular complexity index is 528. The van der Waals surface area contributed by atoms with E-state index in [1.165, 1.54) is 22.3 Å². The molecule has 0 aromatic heterocycles. The van der Waals surface area contributed by atoms with Gasteiger partial charge in [0.05, 0.1) is 0 Å². The Morgan fingerprint density at radius 3 is 2.79 bits per heavy atom. The summed E-state index contributed by atoms with van der Waals surface area (Å²) in [6.07, 6.45) is 2.04. The number of nitrogens with one attached hydrogen (secondary N) is 1. The summed E-state index contributed by atoms with van der Waals surface area (Å²) in [5.41, 5.74) is 6.16. The lowest BCUT2D eigenvalue weighted by molar-refractivity contribution is 0.0953. The summed E-state index contributed by atoms with van der Waals surface area (Å²) >= 11 is 0. The fraction of sp³-hybridized carbons (Fsp3) is 0.471. The van der Waals surface area contributed by atoms with Crippen molar-refractivity contribution in [1.29, 1.82) is 0 Å². The highest BCUT2D eigenvalue weighted by atomic mass is 16.1. The highest BCUT2D eigenvalue weighted by molar-refractivity contribution is 5.95. The van der Waals surface area contributed by atoms with E-state index in [0.717, 1.165) is 24.9 Å². The van der Waals surface area contributed by atoms with Gasteiger partial charge in [-0.25, -0.2) is 0 Å². The molecule has 0 radical (unpaired) electrons. The molecular weight excluding hydrogens is 234 g/mol. The largest absolute Gasteiger partial charge is 0.352 e. The number of benzene rings is 1. The number of carbonyl (C=O) groups is 1. The fourth-order valence-corrected chi connectivity index (χ4v) is 2.65. The first-order valence-corrected chi connectivity index (χ1v) is 7.13. The topological polar surface area (TPSA) is 29.1 Å². The molecule has 1 aromatic rings. The highest BCUT2D eigenvalue weighted by Gasteiger charge is 2.20. The molecular formula is C17H23NO. The van der Waals surface area contributed by atoms with Crippen LogP contribution >= 0.6 is 0 Å². The first-order chi connectivity index (χ1) is 9.04. The first-order valence-electron chi connectivity index (χ1n) is 7.13. The second-order valence-corrected chi connectivity index (χ2v) is 5.54. The van der Waals surface area contributed by atoms with Crippen LogP contribution in [-0.2, 0) is 6.42 Å². The van der Waals surface area contributed by atoms with Crippen molar-refractivity contribution < 1.29 is 4.79 Å². The van der Waals surface area contributed by atoms with Gasteiger partial charge in [-0.15, -0.1) is 0 Å². The molecule has 0 aliphatic heterocycles. The lowest BCUT2D eigenvalue weighted by atomic mass is 9.80. The number of hydrogen-bond donors (Lipinski definition) is 1. The monoisotopic (exact) mass is 257 g/mol. The van der Waals surface area contributed by atoms with Gasteiger partial charge < -0.3 is 5.32 Å². The zero-order valence-corrected chi connectivity index (χ0v) is 12.3. The molecule has 1 aliphatic rings. The molecule has 2 rings (SSSR count).